The smallest absolute Gasteiger partial charge is 0.307 e. The lowest BCUT2D eigenvalue weighted by atomic mass is 10.2. The highest BCUT2D eigenvalue weighted by atomic mass is 32.2. The van der Waals surface area contributed by atoms with Crippen LogP contribution in [-0.4, -0.2) is 38.6 Å². The Hall–Kier alpha value is -3.20. The summed E-state index contributed by atoms with van der Waals surface area (Å²) < 4.78 is 29.5. The first-order valence-electron chi connectivity index (χ1n) is 8.79. The monoisotopic (exact) mass is 418 g/mol. The van der Waals surface area contributed by atoms with E-state index in [1.54, 1.807) is 12.1 Å². The summed E-state index contributed by atoms with van der Waals surface area (Å²) in [5.41, 5.74) is 1.94. The number of carbonyl (C=O) groups is 3. The van der Waals surface area contributed by atoms with Gasteiger partial charge in [-0.2, -0.15) is 0 Å². The molecule has 154 valence electrons. The Kier molecular flexibility index (Phi) is 7.49. The predicted octanol–water partition coefficient (Wildman–Crippen LogP) is 2.30. The maximum absolute atomic E-state index is 12.3. The van der Waals surface area contributed by atoms with Crippen molar-refractivity contribution in [3.8, 4) is 0 Å². The first-order valence-corrected chi connectivity index (χ1v) is 10.4. The van der Waals surface area contributed by atoms with Gasteiger partial charge in [-0.05, 0) is 42.8 Å². The van der Waals surface area contributed by atoms with Crippen LogP contribution in [0.1, 0.15) is 18.9 Å². The van der Waals surface area contributed by atoms with Gasteiger partial charge >= 0.3 is 5.97 Å². The van der Waals surface area contributed by atoms with Crippen LogP contribution in [0.15, 0.2) is 53.4 Å². The minimum absolute atomic E-state index is 0.0247. The number of benzene rings is 2. The molecule has 0 aliphatic carbocycles. The summed E-state index contributed by atoms with van der Waals surface area (Å²) in [5, 5.41) is 5.15. The second-order valence-corrected chi connectivity index (χ2v) is 8.41. The fourth-order valence-electron chi connectivity index (χ4n) is 2.40. The third-order valence-corrected chi connectivity index (χ3v) is 5.62. The van der Waals surface area contributed by atoms with Crippen molar-refractivity contribution in [1.82, 2.24) is 0 Å². The van der Waals surface area contributed by atoms with Crippen LogP contribution in [0.5, 0.6) is 0 Å². The zero-order chi connectivity index (χ0) is 21.4. The van der Waals surface area contributed by atoms with Crippen LogP contribution in [0.4, 0.5) is 11.4 Å². The number of carbonyl (C=O) groups excluding carboxylic acids is 3. The second-order valence-electron chi connectivity index (χ2n) is 6.30. The van der Waals surface area contributed by atoms with E-state index < -0.39 is 34.1 Å². The summed E-state index contributed by atoms with van der Waals surface area (Å²) in [5.74, 6) is -2.02. The molecule has 2 aromatic carbocycles. The number of esters is 1. The number of amides is 2. The van der Waals surface area contributed by atoms with Crippen molar-refractivity contribution in [2.45, 2.75) is 25.2 Å². The Morgan fingerprint density at radius 3 is 2.24 bits per heavy atom. The molecule has 2 aromatic rings. The van der Waals surface area contributed by atoms with Gasteiger partial charge in [-0.25, -0.2) is 8.42 Å². The molecule has 0 bridgehead atoms. The van der Waals surface area contributed by atoms with Crippen LogP contribution < -0.4 is 10.6 Å². The van der Waals surface area contributed by atoms with Crippen molar-refractivity contribution in [2.75, 3.05) is 23.0 Å². The lowest BCUT2D eigenvalue weighted by molar-refractivity contribution is -0.146. The van der Waals surface area contributed by atoms with Gasteiger partial charge in [-0.1, -0.05) is 18.2 Å². The maximum Gasteiger partial charge on any atom is 0.307 e. The van der Waals surface area contributed by atoms with E-state index in [0.29, 0.717) is 11.4 Å². The van der Waals surface area contributed by atoms with E-state index in [1.165, 1.54) is 31.2 Å². The van der Waals surface area contributed by atoms with Gasteiger partial charge in [0.2, 0.25) is 5.91 Å². The molecule has 0 saturated heterocycles. The predicted molar refractivity (Wildman–Crippen MR) is 108 cm³/mol. The molecule has 0 aromatic heterocycles. The van der Waals surface area contributed by atoms with Gasteiger partial charge in [0.15, 0.2) is 16.4 Å². The Bertz CT molecular complexity index is 1000. The van der Waals surface area contributed by atoms with Crippen LogP contribution in [0.3, 0.4) is 0 Å². The number of para-hydroxylation sites is 1. The molecule has 0 aliphatic heterocycles. The van der Waals surface area contributed by atoms with Gasteiger partial charge in [-0.3, -0.25) is 14.4 Å². The Morgan fingerprint density at radius 2 is 1.62 bits per heavy atom. The average molecular weight is 418 g/mol. The molecule has 2 amide bonds. The molecule has 9 heteroatoms. The fraction of sp³-hybridized carbons (Fsp3) is 0.250. The molecule has 0 heterocycles. The highest BCUT2D eigenvalue weighted by molar-refractivity contribution is 7.91. The van der Waals surface area contributed by atoms with Crippen LogP contribution in [0.25, 0.3) is 0 Å². The normalized spacial score (nSPS) is 10.8. The molecule has 0 aliphatic rings. The minimum atomic E-state index is -3.71. The van der Waals surface area contributed by atoms with Crippen LogP contribution >= 0.6 is 0 Å². The minimum Gasteiger partial charge on any atom is -0.456 e. The van der Waals surface area contributed by atoms with E-state index in [1.807, 2.05) is 19.1 Å². The van der Waals surface area contributed by atoms with Gasteiger partial charge in [0.25, 0.3) is 5.91 Å². The number of hydrogen-bond donors (Lipinski definition) is 2. The van der Waals surface area contributed by atoms with Gasteiger partial charge in [0.05, 0.1) is 17.1 Å². The number of hydrogen-bond acceptors (Lipinski definition) is 6. The third-order valence-electron chi connectivity index (χ3n) is 3.89. The number of nitrogens with one attached hydrogen (secondary N) is 2. The van der Waals surface area contributed by atoms with Crippen molar-refractivity contribution in [3.05, 3.63) is 54.1 Å². The molecule has 0 spiro atoms. The topological polar surface area (TPSA) is 119 Å². The molecule has 0 unspecified atom stereocenters. The molecule has 29 heavy (non-hydrogen) atoms. The Balaban J connectivity index is 1.82. The van der Waals surface area contributed by atoms with E-state index in [0.717, 1.165) is 5.56 Å². The summed E-state index contributed by atoms with van der Waals surface area (Å²) in [4.78, 5) is 34.7. The number of rotatable bonds is 8. The molecule has 0 radical (unpaired) electrons. The fourth-order valence-corrected chi connectivity index (χ4v) is 3.62. The maximum atomic E-state index is 12.3. The van der Waals surface area contributed by atoms with Gasteiger partial charge in [-0.15, -0.1) is 0 Å². The van der Waals surface area contributed by atoms with Crippen molar-refractivity contribution in [2.24, 2.45) is 0 Å². The molecular formula is C20H22N2O6S. The Morgan fingerprint density at radius 1 is 0.966 bits per heavy atom. The zero-order valence-electron chi connectivity index (χ0n) is 16.1. The summed E-state index contributed by atoms with van der Waals surface area (Å²) >= 11 is 0. The second kappa shape index (κ2) is 9.83. The summed E-state index contributed by atoms with van der Waals surface area (Å²) in [6.07, 6.45) is -0.382. The summed E-state index contributed by atoms with van der Waals surface area (Å²) in [7, 11) is -3.71. The molecular weight excluding hydrogens is 396 g/mol. The summed E-state index contributed by atoms with van der Waals surface area (Å²) in [6.45, 7) is 2.67. The number of aryl methyl sites for hydroxylation is 1. The third kappa shape index (κ3) is 7.04. The lowest BCUT2D eigenvalue weighted by Gasteiger charge is -2.09. The highest BCUT2D eigenvalue weighted by Crippen LogP contribution is 2.16. The largest absolute Gasteiger partial charge is 0.456 e. The number of ether oxygens (including phenoxy) is 1. The summed E-state index contributed by atoms with van der Waals surface area (Å²) in [6, 6.07) is 12.8. The standard InChI is InChI=1S/C20H22N2O6S/c1-14-5-3-4-6-18(14)22-19(24)13-28-20(25)11-12-29(26,27)17-9-7-16(8-10-17)21-15(2)23/h3-10H,11-13H2,1-2H3,(H,21,23)(H,22,24). The van der Waals surface area contributed by atoms with Gasteiger partial charge in [0.1, 0.15) is 0 Å². The van der Waals surface area contributed by atoms with E-state index in [4.69, 9.17) is 4.74 Å². The van der Waals surface area contributed by atoms with Gasteiger partial charge < -0.3 is 15.4 Å². The zero-order valence-corrected chi connectivity index (χ0v) is 16.9. The van der Waals surface area contributed by atoms with Crippen LogP contribution in [0.2, 0.25) is 0 Å². The molecule has 0 saturated carbocycles. The SMILES string of the molecule is CC(=O)Nc1ccc(S(=O)(=O)CCC(=O)OCC(=O)Nc2ccccc2C)cc1. The van der Waals surface area contributed by atoms with Crippen molar-refractivity contribution < 1.29 is 27.5 Å². The van der Waals surface area contributed by atoms with E-state index in [-0.39, 0.29) is 17.2 Å². The first-order chi connectivity index (χ1) is 13.7. The van der Waals surface area contributed by atoms with E-state index in [2.05, 4.69) is 10.6 Å². The number of sulfone groups is 1. The Labute approximate surface area is 169 Å². The van der Waals surface area contributed by atoms with E-state index >= 15 is 0 Å². The highest BCUT2D eigenvalue weighted by Gasteiger charge is 2.18. The number of anilines is 2. The van der Waals surface area contributed by atoms with Crippen molar-refractivity contribution in [1.29, 1.82) is 0 Å². The van der Waals surface area contributed by atoms with Crippen molar-refractivity contribution in [3.63, 3.8) is 0 Å². The van der Waals surface area contributed by atoms with Gasteiger partial charge in [0, 0.05) is 18.3 Å². The first kappa shape index (κ1) is 22.1. The average Bonchev–Trinajstić information content (AvgIpc) is 2.66. The molecule has 8 nitrogen and oxygen atoms in total. The van der Waals surface area contributed by atoms with Crippen molar-refractivity contribution >= 4 is 39.0 Å². The van der Waals surface area contributed by atoms with E-state index in [9.17, 15) is 22.8 Å². The molecule has 2 N–H and O–H groups in total. The molecule has 2 rings (SSSR count). The van der Waals surface area contributed by atoms with Crippen LogP contribution in [-0.2, 0) is 29.0 Å². The lowest BCUT2D eigenvalue weighted by Crippen LogP contribution is -2.22. The quantitative estimate of drug-likeness (QED) is 0.635. The molecule has 0 atom stereocenters. The van der Waals surface area contributed by atoms with Crippen LogP contribution in [0, 0.1) is 6.92 Å². The molecule has 0 fully saturated rings.